The lowest BCUT2D eigenvalue weighted by Crippen LogP contribution is -1.94. The molecule has 0 N–H and O–H groups in total. The van der Waals surface area contributed by atoms with E-state index in [1.165, 1.54) is 24.5 Å². The lowest BCUT2D eigenvalue weighted by atomic mass is 10.3. The highest BCUT2D eigenvalue weighted by Crippen LogP contribution is 2.35. The van der Waals surface area contributed by atoms with Crippen molar-refractivity contribution in [1.29, 1.82) is 5.26 Å². The van der Waals surface area contributed by atoms with Crippen LogP contribution in [0.5, 0.6) is 11.6 Å². The van der Waals surface area contributed by atoms with E-state index in [0.717, 1.165) is 0 Å². The Kier molecular flexibility index (Phi) is 3.68. The molecule has 0 radical (unpaired) electrons. The van der Waals surface area contributed by atoms with Gasteiger partial charge in [0.25, 0.3) is 5.69 Å². The first kappa shape index (κ1) is 12.9. The number of rotatable bonds is 3. The standard InChI is InChI=1S/C11H5BrN4O3/c12-11-8(16(17)18)2-1-3-9(11)19-10-6-14-7(4-13)5-15-10/h1-3,5-6H. The topological polar surface area (TPSA) is 102 Å². The van der Waals surface area contributed by atoms with E-state index in [2.05, 4.69) is 25.9 Å². The smallest absolute Gasteiger partial charge is 0.287 e. The van der Waals surface area contributed by atoms with Gasteiger partial charge < -0.3 is 4.74 Å². The van der Waals surface area contributed by atoms with Gasteiger partial charge in [-0.25, -0.2) is 9.97 Å². The van der Waals surface area contributed by atoms with Crippen molar-refractivity contribution < 1.29 is 9.66 Å². The van der Waals surface area contributed by atoms with Gasteiger partial charge in [0.1, 0.15) is 10.5 Å². The van der Waals surface area contributed by atoms with Crippen molar-refractivity contribution in [1.82, 2.24) is 9.97 Å². The van der Waals surface area contributed by atoms with E-state index in [1.54, 1.807) is 6.07 Å². The second-order valence-electron chi connectivity index (χ2n) is 3.30. The van der Waals surface area contributed by atoms with Crippen molar-refractivity contribution in [2.75, 3.05) is 0 Å². The molecule has 19 heavy (non-hydrogen) atoms. The molecule has 0 aliphatic carbocycles. The van der Waals surface area contributed by atoms with E-state index >= 15 is 0 Å². The highest BCUT2D eigenvalue weighted by molar-refractivity contribution is 9.10. The van der Waals surface area contributed by atoms with Gasteiger partial charge in [0, 0.05) is 6.07 Å². The summed E-state index contributed by atoms with van der Waals surface area (Å²) in [4.78, 5) is 17.9. The van der Waals surface area contributed by atoms with Crippen LogP contribution in [0.2, 0.25) is 0 Å². The molecular weight excluding hydrogens is 316 g/mol. The number of aromatic nitrogens is 2. The van der Waals surface area contributed by atoms with Gasteiger partial charge in [-0.3, -0.25) is 10.1 Å². The molecule has 1 aromatic heterocycles. The van der Waals surface area contributed by atoms with Crippen LogP contribution in [0.1, 0.15) is 5.69 Å². The van der Waals surface area contributed by atoms with Crippen molar-refractivity contribution in [2.24, 2.45) is 0 Å². The van der Waals surface area contributed by atoms with Crippen LogP contribution in [-0.4, -0.2) is 14.9 Å². The minimum Gasteiger partial charge on any atom is -0.436 e. The summed E-state index contributed by atoms with van der Waals surface area (Å²) in [5.41, 5.74) is 0.0459. The maximum atomic E-state index is 10.8. The average Bonchev–Trinajstić information content (AvgIpc) is 2.41. The third-order valence-electron chi connectivity index (χ3n) is 2.10. The van der Waals surface area contributed by atoms with Crippen molar-refractivity contribution in [2.45, 2.75) is 0 Å². The van der Waals surface area contributed by atoms with Gasteiger partial charge in [0.05, 0.1) is 17.3 Å². The summed E-state index contributed by atoms with van der Waals surface area (Å²) >= 11 is 3.10. The van der Waals surface area contributed by atoms with E-state index in [0.29, 0.717) is 0 Å². The zero-order chi connectivity index (χ0) is 13.8. The van der Waals surface area contributed by atoms with Crippen LogP contribution in [-0.2, 0) is 0 Å². The second kappa shape index (κ2) is 5.41. The van der Waals surface area contributed by atoms with Crippen LogP contribution in [0, 0.1) is 21.4 Å². The minimum absolute atomic E-state index is 0.112. The van der Waals surface area contributed by atoms with Gasteiger partial charge in [0.2, 0.25) is 5.88 Å². The third-order valence-corrected chi connectivity index (χ3v) is 2.89. The second-order valence-corrected chi connectivity index (χ2v) is 4.09. The Bertz CT molecular complexity index is 667. The molecule has 0 bridgehead atoms. The molecule has 0 aliphatic heterocycles. The fraction of sp³-hybridized carbons (Fsp3) is 0. The molecule has 0 saturated carbocycles. The summed E-state index contributed by atoms with van der Waals surface area (Å²) in [5.74, 6) is 0.383. The van der Waals surface area contributed by atoms with Crippen molar-refractivity contribution in [3.8, 4) is 17.7 Å². The third kappa shape index (κ3) is 2.83. The summed E-state index contributed by atoms with van der Waals surface area (Å²) in [6, 6.07) is 6.22. The van der Waals surface area contributed by atoms with Crippen LogP contribution >= 0.6 is 15.9 Å². The number of halogens is 1. The van der Waals surface area contributed by atoms with Crippen LogP contribution in [0.3, 0.4) is 0 Å². The van der Waals surface area contributed by atoms with Gasteiger partial charge in [-0.1, -0.05) is 6.07 Å². The monoisotopic (exact) mass is 320 g/mol. The van der Waals surface area contributed by atoms with Gasteiger partial charge in [-0.05, 0) is 22.0 Å². The summed E-state index contributed by atoms with van der Waals surface area (Å²) in [7, 11) is 0. The van der Waals surface area contributed by atoms with Crippen LogP contribution in [0.4, 0.5) is 5.69 Å². The number of hydrogen-bond acceptors (Lipinski definition) is 6. The van der Waals surface area contributed by atoms with E-state index < -0.39 is 4.92 Å². The number of hydrogen-bond donors (Lipinski definition) is 0. The van der Waals surface area contributed by atoms with Crippen molar-refractivity contribution in [3.63, 3.8) is 0 Å². The average molecular weight is 321 g/mol. The molecule has 0 atom stereocenters. The van der Waals surface area contributed by atoms with E-state index in [9.17, 15) is 10.1 Å². The summed E-state index contributed by atoms with van der Waals surface area (Å²) in [6.07, 6.45) is 2.52. The molecule has 7 nitrogen and oxygen atoms in total. The molecule has 1 heterocycles. The Morgan fingerprint density at radius 1 is 1.37 bits per heavy atom. The molecule has 0 fully saturated rings. The Morgan fingerprint density at radius 3 is 2.74 bits per heavy atom. The summed E-state index contributed by atoms with van der Waals surface area (Å²) < 4.78 is 5.58. The SMILES string of the molecule is N#Cc1cnc(Oc2cccc([N+](=O)[O-])c2Br)cn1. The fourth-order valence-electron chi connectivity index (χ4n) is 1.26. The largest absolute Gasteiger partial charge is 0.436 e. The molecule has 0 aliphatic rings. The molecule has 2 aromatic rings. The Morgan fingerprint density at radius 2 is 2.16 bits per heavy atom. The Labute approximate surface area is 115 Å². The van der Waals surface area contributed by atoms with Crippen LogP contribution in [0.15, 0.2) is 35.1 Å². The number of nitro groups is 1. The number of ether oxygens (including phenoxy) is 1. The molecule has 2 rings (SSSR count). The highest BCUT2D eigenvalue weighted by atomic mass is 79.9. The number of nitriles is 1. The number of nitro benzene ring substituents is 1. The molecule has 0 amide bonds. The molecule has 0 saturated heterocycles. The lowest BCUT2D eigenvalue weighted by Gasteiger charge is -2.06. The Hall–Kier alpha value is -2.53. The Balaban J connectivity index is 2.30. The van der Waals surface area contributed by atoms with Crippen molar-refractivity contribution >= 4 is 21.6 Å². The quantitative estimate of drug-likeness (QED) is 0.636. The van der Waals surface area contributed by atoms with E-state index in [-0.39, 0.29) is 27.5 Å². The normalized spacial score (nSPS) is 9.68. The van der Waals surface area contributed by atoms with Crippen LogP contribution < -0.4 is 4.74 Å². The van der Waals surface area contributed by atoms with Gasteiger partial charge in [0.15, 0.2) is 11.4 Å². The first-order valence-corrected chi connectivity index (χ1v) is 5.74. The predicted molar refractivity (Wildman–Crippen MR) is 67.6 cm³/mol. The van der Waals surface area contributed by atoms with Gasteiger partial charge in [-0.15, -0.1) is 0 Å². The highest BCUT2D eigenvalue weighted by Gasteiger charge is 2.16. The first-order valence-electron chi connectivity index (χ1n) is 4.94. The molecule has 1 aromatic carbocycles. The fourth-order valence-corrected chi connectivity index (χ4v) is 1.75. The van der Waals surface area contributed by atoms with E-state index in [1.807, 2.05) is 6.07 Å². The van der Waals surface area contributed by atoms with E-state index in [4.69, 9.17) is 10.00 Å². The zero-order valence-electron chi connectivity index (χ0n) is 9.28. The molecular formula is C11H5BrN4O3. The summed E-state index contributed by atoms with van der Waals surface area (Å²) in [6.45, 7) is 0. The first-order chi connectivity index (χ1) is 9.11. The molecule has 94 valence electrons. The zero-order valence-corrected chi connectivity index (χ0v) is 10.9. The predicted octanol–water partition coefficient (Wildman–Crippen LogP) is 2.81. The number of nitrogens with zero attached hydrogens (tertiary/aromatic N) is 4. The van der Waals surface area contributed by atoms with Crippen molar-refractivity contribution in [3.05, 3.63) is 50.9 Å². The minimum atomic E-state index is -0.526. The van der Waals surface area contributed by atoms with Gasteiger partial charge >= 0.3 is 0 Å². The summed E-state index contributed by atoms with van der Waals surface area (Å²) in [5, 5.41) is 19.3. The van der Waals surface area contributed by atoms with Gasteiger partial charge in [-0.2, -0.15) is 5.26 Å². The molecule has 0 spiro atoms. The van der Waals surface area contributed by atoms with Crippen LogP contribution in [0.25, 0.3) is 0 Å². The lowest BCUT2D eigenvalue weighted by molar-refractivity contribution is -0.385. The molecule has 8 heteroatoms. The molecule has 0 unspecified atom stereocenters. The maximum Gasteiger partial charge on any atom is 0.287 e. The number of benzene rings is 1. The maximum absolute atomic E-state index is 10.8.